The van der Waals surface area contributed by atoms with E-state index in [1.807, 2.05) is 24.3 Å². The summed E-state index contributed by atoms with van der Waals surface area (Å²) in [7, 11) is 0. The van der Waals surface area contributed by atoms with E-state index in [9.17, 15) is 4.79 Å². The van der Waals surface area contributed by atoms with E-state index >= 15 is 0 Å². The van der Waals surface area contributed by atoms with Crippen molar-refractivity contribution in [3.8, 4) is 11.3 Å². The molecule has 3 N–H and O–H groups in total. The van der Waals surface area contributed by atoms with Gasteiger partial charge in [0.1, 0.15) is 0 Å². The van der Waals surface area contributed by atoms with Gasteiger partial charge in [0, 0.05) is 11.9 Å². The molecule has 0 aliphatic carbocycles. The van der Waals surface area contributed by atoms with Crippen LogP contribution in [0, 0.1) is 0 Å². The molecule has 1 amide bonds. The second-order valence-electron chi connectivity index (χ2n) is 3.98. The number of rotatable bonds is 3. The number of amides is 1. The van der Waals surface area contributed by atoms with Crippen LogP contribution in [-0.2, 0) is 0 Å². The number of aromatic nitrogens is 4. The van der Waals surface area contributed by atoms with Crippen LogP contribution in [0.25, 0.3) is 11.3 Å². The van der Waals surface area contributed by atoms with E-state index in [0.717, 1.165) is 16.9 Å². The molecule has 0 spiro atoms. The molecule has 0 fully saturated rings. The molecule has 0 unspecified atom stereocenters. The lowest BCUT2D eigenvalue weighted by Crippen LogP contribution is -2.10. The average Bonchev–Trinajstić information content (AvgIpc) is 3.13. The molecule has 3 aromatic rings. The van der Waals surface area contributed by atoms with Crippen LogP contribution in [0.15, 0.2) is 49.2 Å². The molecule has 1 aromatic carbocycles. The predicted octanol–water partition coefficient (Wildman–Crippen LogP) is 2.05. The summed E-state index contributed by atoms with van der Waals surface area (Å²) in [5.41, 5.74) is 3.18. The first kappa shape index (κ1) is 11.2. The standard InChI is InChI=1S/C13H11N5O/c19-13(10-5-16-17-6-10)18-11-3-1-9(2-4-11)12-7-14-8-15-12/h1-8H,(H,14,15)(H,16,17)(H,18,19). The van der Waals surface area contributed by atoms with Gasteiger partial charge in [-0.1, -0.05) is 12.1 Å². The first-order valence-corrected chi connectivity index (χ1v) is 5.72. The number of imidazole rings is 1. The van der Waals surface area contributed by atoms with Gasteiger partial charge in [-0.15, -0.1) is 0 Å². The predicted molar refractivity (Wildman–Crippen MR) is 70.6 cm³/mol. The third kappa shape index (κ3) is 2.37. The summed E-state index contributed by atoms with van der Waals surface area (Å²) < 4.78 is 0. The third-order valence-corrected chi connectivity index (χ3v) is 2.71. The molecule has 0 aliphatic heterocycles. The molecule has 0 saturated heterocycles. The molecular formula is C13H11N5O. The maximum absolute atomic E-state index is 11.8. The van der Waals surface area contributed by atoms with Gasteiger partial charge in [-0.25, -0.2) is 4.98 Å². The SMILES string of the molecule is O=C(Nc1ccc(-c2cnc[nH]2)cc1)c1cn[nH]c1. The van der Waals surface area contributed by atoms with Crippen molar-refractivity contribution in [2.24, 2.45) is 0 Å². The third-order valence-electron chi connectivity index (χ3n) is 2.71. The van der Waals surface area contributed by atoms with Crippen molar-refractivity contribution >= 4 is 11.6 Å². The van der Waals surface area contributed by atoms with Crippen LogP contribution in [0.1, 0.15) is 10.4 Å². The van der Waals surface area contributed by atoms with E-state index in [-0.39, 0.29) is 5.91 Å². The Hall–Kier alpha value is -2.89. The Balaban J connectivity index is 1.75. The van der Waals surface area contributed by atoms with Gasteiger partial charge < -0.3 is 10.3 Å². The number of nitrogens with zero attached hydrogens (tertiary/aromatic N) is 2. The number of anilines is 1. The van der Waals surface area contributed by atoms with Crippen LogP contribution in [0.3, 0.4) is 0 Å². The van der Waals surface area contributed by atoms with Crippen molar-refractivity contribution in [3.63, 3.8) is 0 Å². The molecule has 3 rings (SSSR count). The van der Waals surface area contributed by atoms with Crippen LogP contribution in [0.4, 0.5) is 5.69 Å². The van der Waals surface area contributed by atoms with E-state index in [1.165, 1.54) is 6.20 Å². The minimum absolute atomic E-state index is 0.192. The molecule has 0 saturated carbocycles. The summed E-state index contributed by atoms with van der Waals surface area (Å²) in [4.78, 5) is 18.8. The number of hydrogen-bond donors (Lipinski definition) is 3. The molecule has 0 bridgehead atoms. The van der Waals surface area contributed by atoms with Gasteiger partial charge >= 0.3 is 0 Å². The Morgan fingerprint density at radius 3 is 2.63 bits per heavy atom. The van der Waals surface area contributed by atoms with Crippen molar-refractivity contribution in [1.29, 1.82) is 0 Å². The van der Waals surface area contributed by atoms with Gasteiger partial charge in [-0.05, 0) is 17.7 Å². The fraction of sp³-hybridized carbons (Fsp3) is 0. The lowest BCUT2D eigenvalue weighted by atomic mass is 10.1. The maximum Gasteiger partial charge on any atom is 0.258 e. The summed E-state index contributed by atoms with van der Waals surface area (Å²) >= 11 is 0. The molecule has 94 valence electrons. The van der Waals surface area contributed by atoms with Crippen LogP contribution >= 0.6 is 0 Å². The molecule has 6 nitrogen and oxygen atoms in total. The fourth-order valence-electron chi connectivity index (χ4n) is 1.73. The lowest BCUT2D eigenvalue weighted by Gasteiger charge is -2.04. The zero-order valence-electron chi connectivity index (χ0n) is 9.92. The van der Waals surface area contributed by atoms with Crippen LogP contribution in [0.5, 0.6) is 0 Å². The number of hydrogen-bond acceptors (Lipinski definition) is 3. The second kappa shape index (κ2) is 4.77. The summed E-state index contributed by atoms with van der Waals surface area (Å²) in [5.74, 6) is -0.192. The highest BCUT2D eigenvalue weighted by atomic mass is 16.1. The van der Waals surface area contributed by atoms with Gasteiger partial charge in [-0.3, -0.25) is 9.89 Å². The quantitative estimate of drug-likeness (QED) is 0.667. The Bertz CT molecular complexity index is 656. The molecular weight excluding hydrogens is 242 g/mol. The Morgan fingerprint density at radius 1 is 1.16 bits per heavy atom. The molecule has 6 heteroatoms. The van der Waals surface area contributed by atoms with Crippen molar-refractivity contribution in [2.45, 2.75) is 0 Å². The normalized spacial score (nSPS) is 10.3. The smallest absolute Gasteiger partial charge is 0.258 e. The molecule has 0 atom stereocenters. The fourth-order valence-corrected chi connectivity index (χ4v) is 1.73. The number of H-pyrrole nitrogens is 2. The van der Waals surface area contributed by atoms with Gasteiger partial charge in [0.25, 0.3) is 5.91 Å². The topological polar surface area (TPSA) is 86.5 Å². The van der Waals surface area contributed by atoms with Crippen LogP contribution in [0.2, 0.25) is 0 Å². The maximum atomic E-state index is 11.8. The van der Waals surface area contributed by atoms with Crippen molar-refractivity contribution in [2.75, 3.05) is 5.32 Å². The highest BCUT2D eigenvalue weighted by Gasteiger charge is 2.07. The summed E-state index contributed by atoms with van der Waals surface area (Å²) in [6.45, 7) is 0. The van der Waals surface area contributed by atoms with Gasteiger partial charge in [0.2, 0.25) is 0 Å². The van der Waals surface area contributed by atoms with Crippen LogP contribution < -0.4 is 5.32 Å². The first-order valence-electron chi connectivity index (χ1n) is 5.72. The van der Waals surface area contributed by atoms with E-state index in [0.29, 0.717) is 5.56 Å². The Labute approximate surface area is 108 Å². The number of nitrogens with one attached hydrogen (secondary N) is 3. The van der Waals surface area contributed by atoms with Gasteiger partial charge in [-0.2, -0.15) is 5.10 Å². The minimum atomic E-state index is -0.192. The second-order valence-corrected chi connectivity index (χ2v) is 3.98. The molecule has 2 heterocycles. The van der Waals surface area contributed by atoms with E-state index in [2.05, 4.69) is 25.5 Å². The Kier molecular flexibility index (Phi) is 2.82. The summed E-state index contributed by atoms with van der Waals surface area (Å²) in [6.07, 6.45) is 6.41. The monoisotopic (exact) mass is 253 g/mol. The highest BCUT2D eigenvalue weighted by Crippen LogP contribution is 2.19. The van der Waals surface area contributed by atoms with Crippen molar-refractivity contribution in [3.05, 3.63) is 54.7 Å². The van der Waals surface area contributed by atoms with Gasteiger partial charge in [0.05, 0.1) is 30.0 Å². The largest absolute Gasteiger partial charge is 0.345 e. The number of carbonyl (C=O) groups is 1. The molecule has 0 radical (unpaired) electrons. The first-order chi connectivity index (χ1) is 9.33. The lowest BCUT2D eigenvalue weighted by molar-refractivity contribution is 0.102. The van der Waals surface area contributed by atoms with E-state index in [4.69, 9.17) is 0 Å². The average molecular weight is 253 g/mol. The van der Waals surface area contributed by atoms with E-state index < -0.39 is 0 Å². The van der Waals surface area contributed by atoms with Gasteiger partial charge in [0.15, 0.2) is 0 Å². The minimum Gasteiger partial charge on any atom is -0.345 e. The number of aromatic amines is 2. The Morgan fingerprint density at radius 2 is 2.00 bits per heavy atom. The number of carbonyl (C=O) groups excluding carboxylic acids is 1. The summed E-state index contributed by atoms with van der Waals surface area (Å²) in [5, 5.41) is 9.13. The van der Waals surface area contributed by atoms with Crippen LogP contribution in [-0.4, -0.2) is 26.1 Å². The molecule has 2 aromatic heterocycles. The zero-order chi connectivity index (χ0) is 13.1. The zero-order valence-corrected chi connectivity index (χ0v) is 9.92. The van der Waals surface area contributed by atoms with Crippen molar-refractivity contribution in [1.82, 2.24) is 20.2 Å². The molecule has 19 heavy (non-hydrogen) atoms. The number of benzene rings is 1. The summed E-state index contributed by atoms with van der Waals surface area (Å²) in [6, 6.07) is 7.51. The van der Waals surface area contributed by atoms with Crippen molar-refractivity contribution < 1.29 is 4.79 Å². The highest BCUT2D eigenvalue weighted by molar-refractivity contribution is 6.03. The molecule has 0 aliphatic rings. The van der Waals surface area contributed by atoms with E-state index in [1.54, 1.807) is 18.7 Å².